The number of benzene rings is 2. The third-order valence-electron chi connectivity index (χ3n) is 12.1. The van der Waals surface area contributed by atoms with Crippen LogP contribution in [0.3, 0.4) is 0 Å². The minimum Gasteiger partial charge on any atom is -0.374 e. The molecule has 1 atom stereocenters. The number of amides is 3. The van der Waals surface area contributed by atoms with Gasteiger partial charge in [0, 0.05) is 123 Å². The van der Waals surface area contributed by atoms with Gasteiger partial charge in [0.15, 0.2) is 5.82 Å². The quantitative estimate of drug-likeness (QED) is 0.0730. The standard InChI is InChI=1S/C43H45F4N11O6S/c1-3-55(2)65(63,64)54-33-9-8-32(44)36(37(33)45)38(60)31-24-49-39-30(31)20-25(21-48-39)26-22-50-42(51-23-26)58-18-16-57(17-19-58)41(62)43(46,47)27-12-14-56(15-13-27)29-6-4-28(5-7-29)52-34-10-11-35(59)53-40(34)61/h4-9,20-24,27,34,52,54H,3,10-19H2,1-2H3,(H,48,49)(H,53,59,61)/t34-/m1/s1. The highest BCUT2D eigenvalue weighted by Gasteiger charge is 2.50. The Morgan fingerprint density at radius 1 is 0.892 bits per heavy atom. The molecule has 0 aliphatic carbocycles. The molecule has 6 heterocycles. The van der Waals surface area contributed by atoms with E-state index in [1.165, 1.54) is 36.7 Å². The number of carbonyl (C=O) groups excluding carboxylic acids is 4. The summed E-state index contributed by atoms with van der Waals surface area (Å²) in [6, 6.07) is 10.0. The van der Waals surface area contributed by atoms with E-state index in [4.69, 9.17) is 0 Å². The minimum atomic E-state index is -4.18. The zero-order valence-corrected chi connectivity index (χ0v) is 36.1. The number of halogens is 4. The number of rotatable bonds is 13. The number of piperazine rings is 1. The molecule has 3 saturated heterocycles. The van der Waals surface area contributed by atoms with Crippen molar-refractivity contribution in [3.05, 3.63) is 90.0 Å². The van der Waals surface area contributed by atoms with Crippen molar-refractivity contribution in [2.45, 2.75) is 44.6 Å². The van der Waals surface area contributed by atoms with Crippen molar-refractivity contribution in [3.63, 3.8) is 0 Å². The molecule has 3 aromatic heterocycles. The highest BCUT2D eigenvalue weighted by Crippen LogP contribution is 2.37. The molecule has 22 heteroatoms. The van der Waals surface area contributed by atoms with Crippen LogP contribution in [0.5, 0.6) is 0 Å². The SMILES string of the molecule is CCN(C)S(=O)(=O)Nc1ccc(F)c(C(=O)c2c[nH]c3ncc(-c4cnc(N5CCN(C(=O)C(F)(F)C6CCN(c7ccc(N[C@@H]8CCC(=O)NC8=O)cc7)CC6)CC5)nc4)cc23)c1F. The number of anilines is 4. The first kappa shape index (κ1) is 44.9. The molecule has 3 fully saturated rings. The smallest absolute Gasteiger partial charge is 0.327 e. The maximum Gasteiger partial charge on any atom is 0.327 e. The molecular formula is C43H45F4N11O6S. The molecule has 342 valence electrons. The summed E-state index contributed by atoms with van der Waals surface area (Å²) < 4.78 is 90.2. The molecule has 0 bridgehead atoms. The fourth-order valence-corrected chi connectivity index (χ4v) is 9.07. The number of aromatic amines is 1. The number of imide groups is 1. The molecule has 17 nitrogen and oxygen atoms in total. The van der Waals surface area contributed by atoms with E-state index >= 15 is 17.6 Å². The van der Waals surface area contributed by atoms with Gasteiger partial charge < -0.3 is 25.0 Å². The number of aromatic nitrogens is 4. The van der Waals surface area contributed by atoms with E-state index in [9.17, 15) is 27.6 Å². The van der Waals surface area contributed by atoms with Crippen molar-refractivity contribution >= 4 is 67.8 Å². The molecule has 5 aromatic rings. The van der Waals surface area contributed by atoms with E-state index in [1.54, 1.807) is 30.0 Å². The lowest BCUT2D eigenvalue weighted by molar-refractivity contribution is -0.167. The third kappa shape index (κ3) is 9.17. The molecule has 3 amide bonds. The van der Waals surface area contributed by atoms with E-state index in [1.807, 2.05) is 21.8 Å². The molecule has 3 aliphatic rings. The van der Waals surface area contributed by atoms with E-state index < -0.39 is 62.7 Å². The number of fused-ring (bicyclic) bond motifs is 1. The Hall–Kier alpha value is -6.68. The lowest BCUT2D eigenvalue weighted by atomic mass is 9.89. The van der Waals surface area contributed by atoms with E-state index in [2.05, 4.69) is 30.6 Å². The van der Waals surface area contributed by atoms with Gasteiger partial charge in [0.05, 0.1) is 11.3 Å². The first-order valence-corrected chi connectivity index (χ1v) is 22.4. The van der Waals surface area contributed by atoms with Crippen LogP contribution in [0.2, 0.25) is 0 Å². The van der Waals surface area contributed by atoms with Crippen LogP contribution in [0.1, 0.15) is 48.5 Å². The van der Waals surface area contributed by atoms with Crippen molar-refractivity contribution in [2.75, 3.05) is 72.7 Å². The molecule has 0 saturated carbocycles. The first-order chi connectivity index (χ1) is 31.0. The predicted molar refractivity (Wildman–Crippen MR) is 233 cm³/mol. The van der Waals surface area contributed by atoms with Crippen LogP contribution in [0.4, 0.5) is 40.6 Å². The molecule has 0 radical (unpaired) electrons. The number of H-pyrrole nitrogens is 1. The van der Waals surface area contributed by atoms with Crippen LogP contribution in [0.15, 0.2) is 67.3 Å². The first-order valence-electron chi connectivity index (χ1n) is 21.0. The van der Waals surface area contributed by atoms with Crippen molar-refractivity contribution in [2.24, 2.45) is 5.92 Å². The number of carbonyl (C=O) groups is 4. The van der Waals surface area contributed by atoms with Crippen LogP contribution >= 0.6 is 0 Å². The van der Waals surface area contributed by atoms with Crippen LogP contribution in [0, 0.1) is 17.6 Å². The van der Waals surface area contributed by atoms with E-state index in [0.29, 0.717) is 42.3 Å². The molecule has 0 unspecified atom stereocenters. The maximum atomic E-state index is 15.8. The molecule has 65 heavy (non-hydrogen) atoms. The summed E-state index contributed by atoms with van der Waals surface area (Å²) in [6.45, 7) is 2.81. The van der Waals surface area contributed by atoms with Gasteiger partial charge in [0.2, 0.25) is 23.5 Å². The number of hydrogen-bond acceptors (Lipinski definition) is 12. The molecular weight excluding hydrogens is 875 g/mol. The van der Waals surface area contributed by atoms with Crippen LogP contribution < -0.4 is 25.2 Å². The van der Waals surface area contributed by atoms with Crippen molar-refractivity contribution in [1.82, 2.24) is 34.5 Å². The lowest BCUT2D eigenvalue weighted by Gasteiger charge is -2.40. The van der Waals surface area contributed by atoms with Crippen molar-refractivity contribution in [3.8, 4) is 11.1 Å². The number of hydrogen-bond donors (Lipinski definition) is 4. The fraction of sp³-hybridized carbons (Fsp3) is 0.372. The van der Waals surface area contributed by atoms with Gasteiger partial charge in [-0.15, -0.1) is 0 Å². The number of piperidine rings is 2. The number of nitrogens with zero attached hydrogens (tertiary/aromatic N) is 7. The fourth-order valence-electron chi connectivity index (χ4n) is 8.14. The predicted octanol–water partition coefficient (Wildman–Crippen LogP) is 4.56. The van der Waals surface area contributed by atoms with Gasteiger partial charge in [-0.2, -0.15) is 21.5 Å². The second-order valence-corrected chi connectivity index (χ2v) is 17.9. The van der Waals surface area contributed by atoms with Crippen LogP contribution in [-0.2, 0) is 24.6 Å². The summed E-state index contributed by atoms with van der Waals surface area (Å²) in [7, 11) is -2.91. The second-order valence-electron chi connectivity index (χ2n) is 16.1. The lowest BCUT2D eigenvalue weighted by Crippen LogP contribution is -2.56. The number of alkyl halides is 2. The van der Waals surface area contributed by atoms with Gasteiger partial charge in [-0.05, 0) is 61.7 Å². The van der Waals surface area contributed by atoms with Crippen LogP contribution in [0.25, 0.3) is 22.2 Å². The Morgan fingerprint density at radius 3 is 2.23 bits per heavy atom. The Bertz CT molecular complexity index is 2740. The van der Waals surface area contributed by atoms with Gasteiger partial charge in [-0.25, -0.2) is 23.7 Å². The zero-order chi connectivity index (χ0) is 46.2. The maximum absolute atomic E-state index is 15.8. The van der Waals surface area contributed by atoms with Crippen molar-refractivity contribution in [1.29, 1.82) is 0 Å². The summed E-state index contributed by atoms with van der Waals surface area (Å²) in [4.78, 5) is 71.5. The van der Waals surface area contributed by atoms with Gasteiger partial charge in [-0.3, -0.25) is 29.2 Å². The third-order valence-corrected chi connectivity index (χ3v) is 13.7. The molecule has 2 aromatic carbocycles. The Morgan fingerprint density at radius 2 is 1.57 bits per heavy atom. The van der Waals surface area contributed by atoms with Gasteiger partial charge in [-0.1, -0.05) is 6.92 Å². The topological polar surface area (TPSA) is 206 Å². The summed E-state index contributed by atoms with van der Waals surface area (Å²) >= 11 is 0. The number of pyridine rings is 1. The normalized spacial score (nSPS) is 17.7. The van der Waals surface area contributed by atoms with Gasteiger partial charge >= 0.3 is 16.1 Å². The average molecular weight is 920 g/mol. The highest BCUT2D eigenvalue weighted by molar-refractivity contribution is 7.90. The summed E-state index contributed by atoms with van der Waals surface area (Å²) in [5, 5.41) is 5.66. The second kappa shape index (κ2) is 18.1. The Labute approximate surface area is 370 Å². The molecule has 4 N–H and O–H groups in total. The van der Waals surface area contributed by atoms with Crippen LogP contribution in [-0.4, -0.2) is 126 Å². The van der Waals surface area contributed by atoms with Crippen molar-refractivity contribution < 1.29 is 45.2 Å². The summed E-state index contributed by atoms with van der Waals surface area (Å²) in [6.07, 6.45) is 6.63. The van der Waals surface area contributed by atoms with E-state index in [0.717, 1.165) is 22.1 Å². The molecule has 0 spiro atoms. The largest absolute Gasteiger partial charge is 0.374 e. The average Bonchev–Trinajstić information content (AvgIpc) is 3.74. The van der Waals surface area contributed by atoms with Gasteiger partial charge in [0.1, 0.15) is 17.5 Å². The number of nitrogens with one attached hydrogen (secondary N) is 4. The zero-order valence-electron chi connectivity index (χ0n) is 35.3. The van der Waals surface area contributed by atoms with E-state index in [-0.39, 0.29) is 80.4 Å². The van der Waals surface area contributed by atoms with Gasteiger partial charge in [0.25, 0.3) is 5.91 Å². The summed E-state index contributed by atoms with van der Waals surface area (Å²) in [5.74, 6) is -9.89. The summed E-state index contributed by atoms with van der Waals surface area (Å²) in [5.41, 5.74) is 1.03. The monoisotopic (exact) mass is 919 g/mol. The molecule has 8 rings (SSSR count). The minimum absolute atomic E-state index is 0.0359. The Balaban J connectivity index is 0.860. The highest BCUT2D eigenvalue weighted by atomic mass is 32.2. The molecule has 3 aliphatic heterocycles. The Kier molecular flexibility index (Phi) is 12.5. The number of ketones is 1.